The van der Waals surface area contributed by atoms with Gasteiger partial charge in [0.1, 0.15) is 11.5 Å². The largest absolute Gasteiger partial charge is 0.378 e. The maximum absolute atomic E-state index is 13.2. The van der Waals surface area contributed by atoms with E-state index in [2.05, 4.69) is 13.0 Å². The maximum Gasteiger partial charge on any atom is 0.270 e. The molecule has 0 bridgehead atoms. The fourth-order valence-corrected chi connectivity index (χ4v) is 4.18. The Morgan fingerprint density at radius 1 is 1.20 bits per heavy atom. The topological polar surface area (TPSA) is 34.5 Å². The first-order valence-electron chi connectivity index (χ1n) is 8.33. The Morgan fingerprint density at radius 2 is 1.92 bits per heavy atom. The molecule has 0 N–H and O–H groups in total. The van der Waals surface area contributed by atoms with Crippen LogP contribution in [0.4, 0.5) is 4.39 Å². The smallest absolute Gasteiger partial charge is 0.270 e. The second-order valence-electron chi connectivity index (χ2n) is 6.25. The first-order valence-corrected chi connectivity index (χ1v) is 9.14. The van der Waals surface area contributed by atoms with Crippen molar-refractivity contribution in [2.45, 2.75) is 13.5 Å². The van der Waals surface area contributed by atoms with Gasteiger partial charge in [-0.2, -0.15) is 0 Å². The van der Waals surface area contributed by atoms with E-state index in [1.54, 1.807) is 23.5 Å². The van der Waals surface area contributed by atoms with Crippen LogP contribution in [0.25, 0.3) is 10.2 Å². The molecule has 2 aromatic heterocycles. The Kier molecular flexibility index (Phi) is 4.31. The van der Waals surface area contributed by atoms with Crippen LogP contribution >= 0.6 is 11.3 Å². The number of morpholine rings is 1. The number of benzene rings is 1. The summed E-state index contributed by atoms with van der Waals surface area (Å²) in [7, 11) is 0. The van der Waals surface area contributed by atoms with Crippen LogP contribution in [0.1, 0.15) is 20.9 Å². The molecular formula is C19H19FN2O2S. The van der Waals surface area contributed by atoms with Gasteiger partial charge in [-0.25, -0.2) is 4.39 Å². The number of rotatable bonds is 3. The summed E-state index contributed by atoms with van der Waals surface area (Å²) < 4.78 is 21.7. The van der Waals surface area contributed by atoms with Gasteiger partial charge in [-0.3, -0.25) is 4.79 Å². The second-order valence-corrected chi connectivity index (χ2v) is 7.54. The van der Waals surface area contributed by atoms with Crippen molar-refractivity contribution in [3.05, 3.63) is 58.3 Å². The van der Waals surface area contributed by atoms with Crippen molar-refractivity contribution in [1.82, 2.24) is 9.47 Å². The minimum Gasteiger partial charge on any atom is -0.378 e. The normalized spacial score (nSPS) is 15.0. The average molecular weight is 358 g/mol. The maximum atomic E-state index is 13.2. The Morgan fingerprint density at radius 3 is 2.64 bits per heavy atom. The average Bonchev–Trinajstić information content (AvgIpc) is 3.14. The van der Waals surface area contributed by atoms with Crippen LogP contribution in [0, 0.1) is 12.7 Å². The van der Waals surface area contributed by atoms with Crippen molar-refractivity contribution in [2.75, 3.05) is 26.3 Å². The van der Waals surface area contributed by atoms with Crippen LogP contribution in [0.15, 0.2) is 36.4 Å². The van der Waals surface area contributed by atoms with Crippen molar-refractivity contribution in [3.8, 4) is 0 Å². The number of hydrogen-bond donors (Lipinski definition) is 0. The molecule has 0 saturated carbocycles. The van der Waals surface area contributed by atoms with Crippen molar-refractivity contribution in [3.63, 3.8) is 0 Å². The lowest BCUT2D eigenvalue weighted by molar-refractivity contribution is 0.0296. The number of carbonyl (C=O) groups is 1. The van der Waals surface area contributed by atoms with Gasteiger partial charge >= 0.3 is 0 Å². The zero-order valence-electron chi connectivity index (χ0n) is 14.0. The molecule has 4 rings (SSSR count). The number of ether oxygens (including phenoxy) is 1. The molecule has 0 atom stereocenters. The summed E-state index contributed by atoms with van der Waals surface area (Å²) in [6.07, 6.45) is 0. The summed E-state index contributed by atoms with van der Waals surface area (Å²) in [5.41, 5.74) is 2.72. The molecular weight excluding hydrogens is 339 g/mol. The quantitative estimate of drug-likeness (QED) is 0.716. The lowest BCUT2D eigenvalue weighted by Crippen LogP contribution is -2.41. The third kappa shape index (κ3) is 3.19. The number of amides is 1. The van der Waals surface area contributed by atoms with E-state index in [4.69, 9.17) is 4.74 Å². The summed E-state index contributed by atoms with van der Waals surface area (Å²) in [4.78, 5) is 16.1. The molecule has 0 aliphatic carbocycles. The fourth-order valence-electron chi connectivity index (χ4n) is 3.21. The van der Waals surface area contributed by atoms with E-state index < -0.39 is 0 Å². The van der Waals surface area contributed by atoms with E-state index in [0.717, 1.165) is 15.8 Å². The van der Waals surface area contributed by atoms with Gasteiger partial charge in [0, 0.05) is 24.5 Å². The predicted molar refractivity (Wildman–Crippen MR) is 96.8 cm³/mol. The zero-order valence-corrected chi connectivity index (χ0v) is 14.8. The van der Waals surface area contributed by atoms with Gasteiger partial charge in [-0.05, 0) is 36.8 Å². The molecule has 1 aliphatic heterocycles. The SMILES string of the molecule is Cc1cc2c(cc(C(=O)N3CCOCC3)n2Cc2ccc(F)cc2)s1. The highest BCUT2D eigenvalue weighted by molar-refractivity contribution is 7.19. The van der Waals surface area contributed by atoms with E-state index in [-0.39, 0.29) is 11.7 Å². The van der Waals surface area contributed by atoms with Gasteiger partial charge in [0.25, 0.3) is 5.91 Å². The number of thiophene rings is 1. The highest BCUT2D eigenvalue weighted by Crippen LogP contribution is 2.30. The lowest BCUT2D eigenvalue weighted by atomic mass is 10.2. The van der Waals surface area contributed by atoms with Gasteiger partial charge in [-0.1, -0.05) is 12.1 Å². The molecule has 1 aromatic carbocycles. The first-order chi connectivity index (χ1) is 12.1. The molecule has 0 radical (unpaired) electrons. The number of fused-ring (bicyclic) bond motifs is 1. The van der Waals surface area contributed by atoms with E-state index >= 15 is 0 Å². The molecule has 25 heavy (non-hydrogen) atoms. The number of carbonyl (C=O) groups excluding carboxylic acids is 1. The molecule has 1 fully saturated rings. The fraction of sp³-hybridized carbons (Fsp3) is 0.316. The van der Waals surface area contributed by atoms with Crippen molar-refractivity contribution in [2.24, 2.45) is 0 Å². The second kappa shape index (κ2) is 6.61. The minimum atomic E-state index is -0.252. The lowest BCUT2D eigenvalue weighted by Gasteiger charge is -2.27. The van der Waals surface area contributed by atoms with Gasteiger partial charge in [0.05, 0.1) is 23.4 Å². The number of aryl methyl sites for hydroxylation is 1. The molecule has 1 aliphatic rings. The van der Waals surface area contributed by atoms with E-state index in [1.807, 2.05) is 15.5 Å². The molecule has 6 heteroatoms. The highest BCUT2D eigenvalue weighted by atomic mass is 32.1. The number of hydrogen-bond acceptors (Lipinski definition) is 3. The van der Waals surface area contributed by atoms with E-state index in [0.29, 0.717) is 38.5 Å². The van der Waals surface area contributed by atoms with Crippen LogP contribution in [0.5, 0.6) is 0 Å². The number of halogens is 1. The third-order valence-electron chi connectivity index (χ3n) is 4.48. The summed E-state index contributed by atoms with van der Waals surface area (Å²) in [6, 6.07) is 10.5. The first kappa shape index (κ1) is 16.3. The summed E-state index contributed by atoms with van der Waals surface area (Å²) >= 11 is 1.69. The Hall–Kier alpha value is -2.18. The molecule has 0 unspecified atom stereocenters. The van der Waals surface area contributed by atoms with Crippen LogP contribution in [0.3, 0.4) is 0 Å². The molecule has 0 spiro atoms. The van der Waals surface area contributed by atoms with Crippen molar-refractivity contribution >= 4 is 27.5 Å². The minimum absolute atomic E-state index is 0.0338. The van der Waals surface area contributed by atoms with Gasteiger partial charge < -0.3 is 14.2 Å². The molecule has 130 valence electrons. The Labute approximate surface area is 149 Å². The van der Waals surface area contributed by atoms with E-state index in [9.17, 15) is 9.18 Å². The Balaban J connectivity index is 1.73. The molecule has 1 amide bonds. The van der Waals surface area contributed by atoms with Crippen LogP contribution in [-0.4, -0.2) is 41.7 Å². The summed E-state index contributed by atoms with van der Waals surface area (Å²) in [5, 5.41) is 0. The highest BCUT2D eigenvalue weighted by Gasteiger charge is 2.24. The number of aromatic nitrogens is 1. The molecule has 3 aromatic rings. The molecule has 4 nitrogen and oxygen atoms in total. The number of nitrogens with zero attached hydrogens (tertiary/aromatic N) is 2. The van der Waals surface area contributed by atoms with Gasteiger partial charge in [-0.15, -0.1) is 11.3 Å². The van der Waals surface area contributed by atoms with Crippen LogP contribution in [-0.2, 0) is 11.3 Å². The summed E-state index contributed by atoms with van der Waals surface area (Å²) in [5.74, 6) is -0.219. The van der Waals surface area contributed by atoms with Crippen LogP contribution in [0.2, 0.25) is 0 Å². The third-order valence-corrected chi connectivity index (χ3v) is 5.47. The van der Waals surface area contributed by atoms with Crippen molar-refractivity contribution < 1.29 is 13.9 Å². The standard InChI is InChI=1S/C19H19FN2O2S/c1-13-10-16-18(25-13)11-17(19(23)21-6-8-24-9-7-21)22(16)12-14-2-4-15(20)5-3-14/h2-5,10-11H,6-9,12H2,1H3. The van der Waals surface area contributed by atoms with Crippen molar-refractivity contribution in [1.29, 1.82) is 0 Å². The molecule has 1 saturated heterocycles. The van der Waals surface area contributed by atoms with Gasteiger partial charge in [0.15, 0.2) is 0 Å². The van der Waals surface area contributed by atoms with Gasteiger partial charge in [0.2, 0.25) is 0 Å². The van der Waals surface area contributed by atoms with E-state index in [1.165, 1.54) is 17.0 Å². The monoisotopic (exact) mass is 358 g/mol. The summed E-state index contributed by atoms with van der Waals surface area (Å²) in [6.45, 7) is 5.01. The van der Waals surface area contributed by atoms with Crippen LogP contribution < -0.4 is 0 Å². The Bertz CT molecular complexity index is 908. The zero-order chi connectivity index (χ0) is 17.4. The molecule has 3 heterocycles. The predicted octanol–water partition coefficient (Wildman–Crippen LogP) is 3.67.